The Labute approximate surface area is 185 Å². The molecule has 2 aliphatic heterocycles. The first-order valence-electron chi connectivity index (χ1n) is 11.5. The lowest BCUT2D eigenvalue weighted by molar-refractivity contribution is 0.0354. The van der Waals surface area contributed by atoms with Crippen LogP contribution < -0.4 is 10.5 Å². The Morgan fingerprint density at radius 2 is 1.77 bits per heavy atom. The molecule has 0 atom stereocenters. The number of aromatic nitrogens is 2. The van der Waals surface area contributed by atoms with E-state index < -0.39 is 0 Å². The van der Waals surface area contributed by atoms with Gasteiger partial charge in [0.2, 0.25) is 5.95 Å². The summed E-state index contributed by atoms with van der Waals surface area (Å²) in [5.74, 6) is 0.760. The second kappa shape index (κ2) is 9.51. The lowest BCUT2D eigenvalue weighted by Crippen LogP contribution is -2.49. The van der Waals surface area contributed by atoms with Crippen LogP contribution in [0.25, 0.3) is 0 Å². The van der Waals surface area contributed by atoms with E-state index in [-0.39, 0.29) is 5.56 Å². The minimum Gasteiger partial charge on any atom is -0.379 e. The highest BCUT2D eigenvalue weighted by Gasteiger charge is 2.28. The Hall–Kier alpha value is -2.22. The van der Waals surface area contributed by atoms with E-state index in [1.54, 1.807) is 0 Å². The van der Waals surface area contributed by atoms with Crippen molar-refractivity contribution in [3.05, 3.63) is 50.9 Å². The van der Waals surface area contributed by atoms with E-state index >= 15 is 0 Å². The lowest BCUT2D eigenvalue weighted by atomic mass is 10.1. The van der Waals surface area contributed by atoms with E-state index in [9.17, 15) is 4.79 Å². The molecule has 31 heavy (non-hydrogen) atoms. The predicted molar refractivity (Wildman–Crippen MR) is 124 cm³/mol. The fourth-order valence-corrected chi connectivity index (χ4v) is 4.71. The van der Waals surface area contributed by atoms with Crippen molar-refractivity contribution in [2.75, 3.05) is 51.0 Å². The summed E-state index contributed by atoms with van der Waals surface area (Å²) >= 11 is 0. The Balaban J connectivity index is 1.62. The van der Waals surface area contributed by atoms with Gasteiger partial charge >= 0.3 is 0 Å². The third kappa shape index (κ3) is 4.68. The second-order valence-electron chi connectivity index (χ2n) is 8.77. The lowest BCUT2D eigenvalue weighted by Gasteiger charge is -2.39. The van der Waals surface area contributed by atoms with Crippen molar-refractivity contribution in [2.24, 2.45) is 0 Å². The molecule has 0 radical (unpaired) electrons. The third-order valence-electron chi connectivity index (χ3n) is 6.42. The molecule has 0 amide bonds. The smallest absolute Gasteiger partial charge is 0.259 e. The van der Waals surface area contributed by atoms with Gasteiger partial charge in [-0.1, -0.05) is 24.6 Å². The minimum absolute atomic E-state index is 0.0950. The van der Waals surface area contributed by atoms with Crippen LogP contribution in [0.3, 0.4) is 0 Å². The number of nitrogens with zero attached hydrogens (tertiary/aromatic N) is 5. The fourth-order valence-electron chi connectivity index (χ4n) is 4.71. The highest BCUT2D eigenvalue weighted by atomic mass is 16.5. The van der Waals surface area contributed by atoms with Crippen LogP contribution in [0.5, 0.6) is 0 Å². The Bertz CT molecular complexity index is 981. The van der Waals surface area contributed by atoms with Gasteiger partial charge in [-0.05, 0) is 51.8 Å². The number of morpholine rings is 1. The molecule has 1 fully saturated rings. The van der Waals surface area contributed by atoms with Crippen molar-refractivity contribution in [1.29, 1.82) is 0 Å². The number of hydrogen-bond donors (Lipinski definition) is 0. The highest BCUT2D eigenvalue weighted by molar-refractivity contribution is 5.63. The van der Waals surface area contributed by atoms with Gasteiger partial charge < -0.3 is 4.74 Å². The van der Waals surface area contributed by atoms with Gasteiger partial charge in [-0.2, -0.15) is 0 Å². The molecule has 0 spiro atoms. The largest absolute Gasteiger partial charge is 0.379 e. The zero-order chi connectivity index (χ0) is 22.0. The molecule has 0 saturated carbocycles. The summed E-state index contributed by atoms with van der Waals surface area (Å²) in [6.07, 6.45) is 1.78. The topological polar surface area (TPSA) is 53.8 Å². The van der Waals surface area contributed by atoms with Crippen molar-refractivity contribution < 1.29 is 4.74 Å². The van der Waals surface area contributed by atoms with Crippen LogP contribution in [0.1, 0.15) is 35.7 Å². The van der Waals surface area contributed by atoms with Crippen LogP contribution in [0, 0.1) is 20.8 Å². The van der Waals surface area contributed by atoms with Crippen molar-refractivity contribution in [2.45, 2.75) is 47.2 Å². The number of ether oxygens (including phenoxy) is 1. The summed E-state index contributed by atoms with van der Waals surface area (Å²) in [6.45, 7) is 15.3. The summed E-state index contributed by atoms with van der Waals surface area (Å²) in [6, 6.07) is 6.49. The van der Waals surface area contributed by atoms with E-state index in [1.165, 1.54) is 11.1 Å². The van der Waals surface area contributed by atoms with Crippen LogP contribution in [0.15, 0.2) is 23.0 Å². The number of aryl methyl sites for hydroxylation is 3. The van der Waals surface area contributed by atoms with Gasteiger partial charge in [0.25, 0.3) is 5.56 Å². The molecule has 0 bridgehead atoms. The minimum atomic E-state index is 0.0950. The summed E-state index contributed by atoms with van der Waals surface area (Å²) in [5, 5.41) is 0. The molecule has 3 heterocycles. The van der Waals surface area contributed by atoms with Crippen molar-refractivity contribution in [3.8, 4) is 0 Å². The molecule has 0 N–H and O–H groups in total. The van der Waals surface area contributed by atoms with Gasteiger partial charge in [0, 0.05) is 36.6 Å². The number of benzene rings is 1. The van der Waals surface area contributed by atoms with Gasteiger partial charge in [0.15, 0.2) is 0 Å². The van der Waals surface area contributed by atoms with Crippen molar-refractivity contribution in [3.63, 3.8) is 0 Å². The Morgan fingerprint density at radius 1 is 1.03 bits per heavy atom. The van der Waals surface area contributed by atoms with E-state index in [1.807, 2.05) is 18.4 Å². The van der Waals surface area contributed by atoms with Crippen molar-refractivity contribution in [1.82, 2.24) is 19.4 Å². The van der Waals surface area contributed by atoms with Gasteiger partial charge in [-0.25, -0.2) is 4.98 Å². The normalized spacial score (nSPS) is 17.7. The molecule has 2 aliphatic rings. The van der Waals surface area contributed by atoms with Crippen LogP contribution in [-0.4, -0.2) is 65.4 Å². The number of rotatable bonds is 6. The van der Waals surface area contributed by atoms with Crippen LogP contribution in [-0.2, 0) is 17.8 Å². The summed E-state index contributed by atoms with van der Waals surface area (Å²) in [4.78, 5) is 25.2. The number of hydrogen-bond acceptors (Lipinski definition) is 6. The predicted octanol–water partition coefficient (Wildman–Crippen LogP) is 2.82. The molecule has 7 nitrogen and oxygen atoms in total. The molecule has 4 rings (SSSR count). The molecule has 7 heteroatoms. The molecule has 1 saturated heterocycles. The molecular weight excluding hydrogens is 390 g/mol. The summed E-state index contributed by atoms with van der Waals surface area (Å²) < 4.78 is 7.32. The Kier molecular flexibility index (Phi) is 6.74. The number of fused-ring (bicyclic) bond motifs is 1. The van der Waals surface area contributed by atoms with E-state index in [0.29, 0.717) is 13.1 Å². The molecule has 1 aromatic carbocycles. The molecule has 168 valence electrons. The molecular formula is C24H35N5O2. The Morgan fingerprint density at radius 3 is 2.48 bits per heavy atom. The monoisotopic (exact) mass is 425 g/mol. The van der Waals surface area contributed by atoms with Crippen molar-refractivity contribution >= 4 is 11.6 Å². The average Bonchev–Trinajstić information content (AvgIpc) is 2.75. The second-order valence-corrected chi connectivity index (χ2v) is 8.77. The molecule has 2 aromatic rings. The van der Waals surface area contributed by atoms with Crippen LogP contribution >= 0.6 is 0 Å². The summed E-state index contributed by atoms with van der Waals surface area (Å²) in [5.41, 5.74) is 5.32. The standard InChI is InChI=1S/C24H35N5O2/c1-5-21-20(4)25-24-28(22-8-7-18(2)15-19(22)3)16-27(17-29(24)23(21)30)10-6-9-26-11-13-31-14-12-26/h7-8,15H,5-6,9-14,16-17H2,1-4H3. The quantitative estimate of drug-likeness (QED) is 0.709. The average molecular weight is 426 g/mol. The van der Waals surface area contributed by atoms with E-state index in [0.717, 1.165) is 75.4 Å². The first kappa shape index (κ1) is 22.0. The zero-order valence-electron chi connectivity index (χ0n) is 19.4. The fraction of sp³-hybridized carbons (Fsp3) is 0.583. The maximum absolute atomic E-state index is 13.3. The number of anilines is 2. The van der Waals surface area contributed by atoms with Gasteiger partial charge in [0.05, 0.1) is 26.6 Å². The van der Waals surface area contributed by atoms with Crippen LogP contribution in [0.2, 0.25) is 0 Å². The van der Waals surface area contributed by atoms with Gasteiger partial charge in [0.1, 0.15) is 0 Å². The zero-order valence-corrected chi connectivity index (χ0v) is 19.4. The first-order chi connectivity index (χ1) is 15.0. The van der Waals surface area contributed by atoms with Gasteiger partial charge in [-0.15, -0.1) is 0 Å². The van der Waals surface area contributed by atoms with Gasteiger partial charge in [-0.3, -0.25) is 24.1 Å². The maximum Gasteiger partial charge on any atom is 0.259 e. The SMILES string of the molecule is CCc1c(C)nc2n(c1=O)CN(CCCN1CCOCC1)CN2c1ccc(C)cc1C. The third-order valence-corrected chi connectivity index (χ3v) is 6.42. The van der Waals surface area contributed by atoms with E-state index in [2.05, 4.69) is 46.7 Å². The first-order valence-corrected chi connectivity index (χ1v) is 11.5. The summed E-state index contributed by atoms with van der Waals surface area (Å²) in [7, 11) is 0. The molecule has 0 unspecified atom stereocenters. The van der Waals surface area contributed by atoms with Crippen LogP contribution in [0.4, 0.5) is 11.6 Å². The molecule has 0 aliphatic carbocycles. The molecule has 1 aromatic heterocycles. The van der Waals surface area contributed by atoms with E-state index in [4.69, 9.17) is 9.72 Å². The highest BCUT2D eigenvalue weighted by Crippen LogP contribution is 2.30. The maximum atomic E-state index is 13.3.